The van der Waals surface area contributed by atoms with E-state index in [1.54, 1.807) is 53.5 Å². The number of nitrogens with zero attached hydrogens (tertiary/aromatic N) is 9. The predicted octanol–water partition coefficient (Wildman–Crippen LogP) is 9.80. The Bertz CT molecular complexity index is 2830. The second-order valence-electron chi connectivity index (χ2n) is 15.9. The van der Waals surface area contributed by atoms with Gasteiger partial charge in [-0.2, -0.15) is 5.10 Å². The number of ether oxygens (including phenoxy) is 2. The molecule has 4 atom stereocenters. The number of rotatable bonds is 27. The van der Waals surface area contributed by atoms with E-state index < -0.39 is 50.1 Å². The number of benzene rings is 6. The van der Waals surface area contributed by atoms with Gasteiger partial charge in [-0.15, -0.1) is 0 Å². The van der Waals surface area contributed by atoms with Gasteiger partial charge in [-0.05, 0) is 89.5 Å². The first-order chi connectivity index (χ1) is 35.0. The van der Waals surface area contributed by atoms with Gasteiger partial charge in [-0.1, -0.05) is 74.5 Å². The normalized spacial score (nSPS) is 13.2. The van der Waals surface area contributed by atoms with Crippen molar-refractivity contribution in [1.29, 1.82) is 0 Å². The third kappa shape index (κ3) is 19.3. The van der Waals surface area contributed by atoms with Crippen molar-refractivity contribution in [3.05, 3.63) is 185 Å². The first-order valence-corrected chi connectivity index (χ1v) is 34.6. The average Bonchev–Trinajstić information content (AvgIpc) is 3.37. The van der Waals surface area contributed by atoms with Crippen LogP contribution in [0.15, 0.2) is 178 Å². The Morgan fingerprint density at radius 3 is 1.82 bits per heavy atom. The minimum Gasteiger partial charge on any atom is -0.472 e. The molecule has 27 heteroatoms. The van der Waals surface area contributed by atoms with Crippen LogP contribution >= 0.6 is 67.2 Å². The van der Waals surface area contributed by atoms with Crippen LogP contribution in [0.1, 0.15) is 16.7 Å². The Balaban J connectivity index is 1.06. The fourth-order valence-corrected chi connectivity index (χ4v) is 14.9. The van der Waals surface area contributed by atoms with Gasteiger partial charge < -0.3 is 14.0 Å². The van der Waals surface area contributed by atoms with Crippen molar-refractivity contribution in [2.75, 3.05) is 46.7 Å². The van der Waals surface area contributed by atoms with E-state index in [4.69, 9.17) is 28.8 Å². The zero-order valence-corrected chi connectivity index (χ0v) is 47.2. The molecule has 0 aliphatic rings. The number of azide groups is 1. The van der Waals surface area contributed by atoms with Gasteiger partial charge in [-0.25, -0.2) is 0 Å². The summed E-state index contributed by atoms with van der Waals surface area (Å²) in [6, 6.07) is 50.6. The maximum atomic E-state index is 11.5. The summed E-state index contributed by atoms with van der Waals surface area (Å²) in [4.78, 5) is 54.8. The van der Waals surface area contributed by atoms with Crippen molar-refractivity contribution in [2.24, 2.45) is 19.8 Å². The number of hydrogen-bond acceptors (Lipinski definition) is 16. The zero-order valence-electron chi connectivity index (χ0n) is 39.5. The van der Waals surface area contributed by atoms with Crippen LogP contribution in [0.4, 0.5) is 0 Å². The summed E-state index contributed by atoms with van der Waals surface area (Å²) in [6.45, 7) is 0.371. The minimum atomic E-state index is -4.56. The van der Waals surface area contributed by atoms with E-state index in [0.29, 0.717) is 29.4 Å². The standard InChI is InChI=1S/C46H56N9O10P7S/c1-53(48-31-38-17-21-42(22-18-38)64-67-68(66)52-51-47)34-63-41-25-27-46(28-26-41)72(44-9-5-3-6-10-44,45-11-7-4-8-12-45)50-33-62-40-19-15-39(16-20-40)32-49-54(2)69(73)65-43-23-13-37(14-24-43)29-30-55(35-70(56,57)58)36-71(59,60)61/h3-28,31-32,56-58,67,70,73H,29-30,33-36,66H2,1-2H3,(H2,59,60,61). The topological polar surface area (TPSA) is 251 Å². The average molecular weight is 1140 g/mol. The molecule has 0 radical (unpaired) electrons. The van der Waals surface area contributed by atoms with Crippen LogP contribution in [0.2, 0.25) is 0 Å². The first kappa shape index (κ1) is 57.8. The summed E-state index contributed by atoms with van der Waals surface area (Å²) in [5.41, 5.74) is 11.1. The largest absolute Gasteiger partial charge is 0.472 e. The van der Waals surface area contributed by atoms with Crippen molar-refractivity contribution >= 4 is 95.6 Å². The molecule has 0 aliphatic heterocycles. The SMILES string of the molecule is CN(COc1ccc(P(=NCOc2ccc(C=NN(C)P(S)Oc3ccc(CCN(CP(=O)(O)O)C[PH](O)(O)O)cc3)cc2)(c2ccccc2)c2ccccc2)cc1)N=Cc1ccc(OPP(P)N=[N+]=[N-])cc1. The molecule has 0 saturated carbocycles. The van der Waals surface area contributed by atoms with Gasteiger partial charge in [0, 0.05) is 27.9 Å². The maximum absolute atomic E-state index is 11.5. The molecular formula is C46H56N9O10P7S. The number of hydrazone groups is 2. The molecule has 0 heterocycles. The van der Waals surface area contributed by atoms with Crippen molar-refractivity contribution in [3.63, 3.8) is 0 Å². The molecule has 0 saturated heterocycles. The van der Waals surface area contributed by atoms with Gasteiger partial charge in [0.1, 0.15) is 25.7 Å². The van der Waals surface area contributed by atoms with Gasteiger partial charge in [0.05, 0.1) is 26.9 Å². The molecule has 6 aromatic rings. The summed E-state index contributed by atoms with van der Waals surface area (Å²) >= 11 is 4.62. The molecule has 4 unspecified atom stereocenters. The van der Waals surface area contributed by atoms with E-state index in [2.05, 4.69) is 77.6 Å². The third-order valence-electron chi connectivity index (χ3n) is 10.2. The molecule has 6 rings (SSSR count). The molecule has 5 N–H and O–H groups in total. The second kappa shape index (κ2) is 28.4. The fraction of sp³-hybridized carbons (Fsp3) is 0.174. The van der Waals surface area contributed by atoms with Gasteiger partial charge in [0.2, 0.25) is 0 Å². The van der Waals surface area contributed by atoms with Gasteiger partial charge in [-0.3, -0.25) is 9.75 Å². The second-order valence-corrected chi connectivity index (χ2v) is 30.9. The molecule has 386 valence electrons. The molecule has 0 spiro atoms. The van der Waals surface area contributed by atoms with Crippen LogP contribution in [0.3, 0.4) is 0 Å². The van der Waals surface area contributed by atoms with Crippen molar-refractivity contribution in [2.45, 2.75) is 6.42 Å². The fourth-order valence-electron chi connectivity index (χ4n) is 6.84. The van der Waals surface area contributed by atoms with Crippen LogP contribution in [0.5, 0.6) is 23.0 Å². The smallest absolute Gasteiger partial charge is 0.123 e. The Morgan fingerprint density at radius 2 is 1.26 bits per heavy atom. The summed E-state index contributed by atoms with van der Waals surface area (Å²) < 4.78 is 42.7. The summed E-state index contributed by atoms with van der Waals surface area (Å²) in [7, 11) is -7.95. The summed E-state index contributed by atoms with van der Waals surface area (Å²) in [5.74, 6) is 2.52. The Hall–Kier alpha value is -4.51. The Morgan fingerprint density at radius 1 is 0.740 bits per heavy atom. The minimum absolute atomic E-state index is 0.0521. The van der Waals surface area contributed by atoms with Crippen molar-refractivity contribution < 1.29 is 47.6 Å². The van der Waals surface area contributed by atoms with Crippen LogP contribution in [0.25, 0.3) is 10.4 Å². The Kier molecular flexibility index (Phi) is 22.5. The molecule has 6 aromatic carbocycles. The molecule has 0 amide bonds. The molecule has 19 nitrogen and oxygen atoms in total. The molecular weight excluding hydrogens is 1090 g/mol. The first-order valence-electron chi connectivity index (χ1n) is 22.0. The molecule has 0 bridgehead atoms. The van der Waals surface area contributed by atoms with Gasteiger partial charge >= 0.3 is 152 Å². The van der Waals surface area contributed by atoms with Crippen LogP contribution in [-0.2, 0) is 11.0 Å². The molecule has 0 fully saturated rings. The quantitative estimate of drug-likeness (QED) is 0.00411. The number of hydrogen-bond donors (Lipinski definition) is 6. The van der Waals surface area contributed by atoms with Crippen molar-refractivity contribution in [3.8, 4) is 23.0 Å². The summed E-state index contributed by atoms with van der Waals surface area (Å²) in [6.07, 6.45) is 2.42. The monoisotopic (exact) mass is 1140 g/mol. The summed E-state index contributed by atoms with van der Waals surface area (Å²) in [5, 5.41) is 13.9. The predicted molar refractivity (Wildman–Crippen MR) is 307 cm³/mol. The van der Waals surface area contributed by atoms with Gasteiger partial charge in [0.25, 0.3) is 0 Å². The van der Waals surface area contributed by atoms with E-state index >= 15 is 0 Å². The maximum Gasteiger partial charge on any atom is 0.123 e. The third-order valence-corrected chi connectivity index (χ3v) is 20.7. The zero-order chi connectivity index (χ0) is 52.3. The van der Waals surface area contributed by atoms with E-state index in [1.165, 1.54) is 0 Å². The van der Waals surface area contributed by atoms with E-state index in [-0.39, 0.29) is 28.5 Å². The van der Waals surface area contributed by atoms with E-state index in [9.17, 15) is 29.0 Å². The van der Waals surface area contributed by atoms with Crippen molar-refractivity contribution in [1.82, 2.24) is 14.7 Å². The number of thiol groups is 1. The van der Waals surface area contributed by atoms with E-state index in [0.717, 1.165) is 37.5 Å². The van der Waals surface area contributed by atoms with E-state index in [1.807, 2.05) is 104 Å². The van der Waals surface area contributed by atoms with Crippen LogP contribution in [-0.4, -0.2) is 98.3 Å². The molecule has 73 heavy (non-hydrogen) atoms. The van der Waals surface area contributed by atoms with Crippen LogP contribution in [0, 0.1) is 0 Å². The van der Waals surface area contributed by atoms with Crippen LogP contribution < -0.4 is 34.4 Å². The molecule has 0 aromatic heterocycles. The Labute approximate surface area is 436 Å². The van der Waals surface area contributed by atoms with Gasteiger partial charge in [0.15, 0.2) is 13.5 Å². The molecule has 0 aliphatic carbocycles.